The van der Waals surface area contributed by atoms with Crippen LogP contribution in [-0.4, -0.2) is 27.9 Å². The summed E-state index contributed by atoms with van der Waals surface area (Å²) in [5, 5.41) is 3.37. The number of hydrogen-bond donors (Lipinski definition) is 2. The summed E-state index contributed by atoms with van der Waals surface area (Å²) in [6.07, 6.45) is 1.43. The minimum Gasteiger partial charge on any atom is -0.325 e. The van der Waals surface area contributed by atoms with Crippen molar-refractivity contribution in [3.8, 4) is 0 Å². The third-order valence-corrected chi connectivity index (χ3v) is 3.68. The van der Waals surface area contributed by atoms with Gasteiger partial charge in [-0.1, -0.05) is 23.2 Å². The van der Waals surface area contributed by atoms with E-state index in [2.05, 4.69) is 10.3 Å². The van der Waals surface area contributed by atoms with Crippen LogP contribution in [0.25, 0.3) is 0 Å². The van der Waals surface area contributed by atoms with E-state index in [0.29, 0.717) is 27.4 Å². The third-order valence-electron chi connectivity index (χ3n) is 1.77. The lowest BCUT2D eigenvalue weighted by Gasteiger charge is -2.17. The Kier molecular flexibility index (Phi) is 5.72. The second kappa shape index (κ2) is 6.61. The zero-order valence-corrected chi connectivity index (χ0v) is 12.5. The molecule has 0 radical (unpaired) electrons. The van der Waals surface area contributed by atoms with Crippen molar-refractivity contribution in [2.75, 3.05) is 16.8 Å². The molecule has 0 aromatic carbocycles. The number of anilines is 1. The maximum Gasteiger partial charge on any atom is 0.235 e. The summed E-state index contributed by atoms with van der Waals surface area (Å²) in [5.74, 6) is 1.16. The summed E-state index contributed by atoms with van der Waals surface area (Å²) >= 11 is 13.1. The largest absolute Gasteiger partial charge is 0.325 e. The molecule has 0 fully saturated rings. The summed E-state index contributed by atoms with van der Waals surface area (Å²) in [6.45, 7) is 3.82. The number of amides is 1. The topological polar surface area (TPSA) is 68.0 Å². The fourth-order valence-electron chi connectivity index (χ4n) is 1.08. The summed E-state index contributed by atoms with van der Waals surface area (Å²) in [4.78, 5) is 15.6. The molecule has 7 heteroatoms. The van der Waals surface area contributed by atoms with Gasteiger partial charge in [-0.15, -0.1) is 0 Å². The Bertz CT molecular complexity index is 435. The molecule has 0 aliphatic heterocycles. The normalized spacial score (nSPS) is 11.4. The standard InChI is InChI=1S/C11H15Cl2N3OS/c1-11(2,14)6-18-5-9(17)16-10-8(13)3-7(12)4-15-10/h3-4H,5-6,14H2,1-2H3,(H,15,16,17). The lowest BCUT2D eigenvalue weighted by Crippen LogP contribution is -2.35. The zero-order valence-electron chi connectivity index (χ0n) is 10.2. The van der Waals surface area contributed by atoms with Gasteiger partial charge in [-0.05, 0) is 19.9 Å². The van der Waals surface area contributed by atoms with Crippen LogP contribution < -0.4 is 11.1 Å². The fourth-order valence-corrected chi connectivity index (χ4v) is 2.39. The SMILES string of the molecule is CC(C)(N)CSCC(=O)Nc1ncc(Cl)cc1Cl. The van der Waals surface area contributed by atoms with E-state index in [1.807, 2.05) is 13.8 Å². The molecular weight excluding hydrogens is 293 g/mol. The number of aromatic nitrogens is 1. The van der Waals surface area contributed by atoms with Gasteiger partial charge in [0.25, 0.3) is 0 Å². The molecule has 1 amide bonds. The van der Waals surface area contributed by atoms with Gasteiger partial charge in [0.1, 0.15) is 0 Å². The molecule has 18 heavy (non-hydrogen) atoms. The molecule has 1 rings (SSSR count). The highest BCUT2D eigenvalue weighted by Crippen LogP contribution is 2.22. The monoisotopic (exact) mass is 307 g/mol. The molecular formula is C11H15Cl2N3OS. The van der Waals surface area contributed by atoms with Gasteiger partial charge in [-0.25, -0.2) is 4.98 Å². The van der Waals surface area contributed by atoms with Crippen molar-refractivity contribution in [2.45, 2.75) is 19.4 Å². The summed E-state index contributed by atoms with van der Waals surface area (Å²) in [6, 6.07) is 1.53. The molecule has 0 spiro atoms. The molecule has 0 saturated carbocycles. The molecule has 4 nitrogen and oxygen atoms in total. The Morgan fingerprint density at radius 2 is 2.22 bits per heavy atom. The first-order valence-corrected chi connectivity index (χ1v) is 7.16. The van der Waals surface area contributed by atoms with Gasteiger partial charge in [-0.2, -0.15) is 11.8 Å². The molecule has 100 valence electrons. The van der Waals surface area contributed by atoms with E-state index >= 15 is 0 Å². The lowest BCUT2D eigenvalue weighted by atomic mass is 10.1. The number of rotatable bonds is 5. The Morgan fingerprint density at radius 1 is 1.56 bits per heavy atom. The predicted molar refractivity (Wildman–Crippen MR) is 78.5 cm³/mol. The Morgan fingerprint density at radius 3 is 2.78 bits per heavy atom. The average molecular weight is 308 g/mol. The van der Waals surface area contributed by atoms with Gasteiger partial charge < -0.3 is 11.1 Å². The molecule has 1 aromatic heterocycles. The van der Waals surface area contributed by atoms with Crippen LogP contribution >= 0.6 is 35.0 Å². The van der Waals surface area contributed by atoms with Crippen molar-refractivity contribution in [2.24, 2.45) is 5.73 Å². The average Bonchev–Trinajstić information content (AvgIpc) is 2.20. The Hall–Kier alpha value is -0.490. The lowest BCUT2D eigenvalue weighted by molar-refractivity contribution is -0.113. The van der Waals surface area contributed by atoms with Crippen molar-refractivity contribution in [3.63, 3.8) is 0 Å². The summed E-state index contributed by atoms with van der Waals surface area (Å²) < 4.78 is 0. The quantitative estimate of drug-likeness (QED) is 0.877. The minimum absolute atomic E-state index is 0.166. The summed E-state index contributed by atoms with van der Waals surface area (Å²) in [5.41, 5.74) is 5.52. The van der Waals surface area contributed by atoms with E-state index < -0.39 is 0 Å². The van der Waals surface area contributed by atoms with Crippen LogP contribution in [0.1, 0.15) is 13.8 Å². The van der Waals surface area contributed by atoms with E-state index in [0.717, 1.165) is 0 Å². The van der Waals surface area contributed by atoms with Crippen LogP contribution in [-0.2, 0) is 4.79 Å². The van der Waals surface area contributed by atoms with E-state index in [-0.39, 0.29) is 11.4 Å². The molecule has 0 atom stereocenters. The van der Waals surface area contributed by atoms with Gasteiger partial charge in [0.15, 0.2) is 5.82 Å². The van der Waals surface area contributed by atoms with Crippen LogP contribution in [0, 0.1) is 0 Å². The predicted octanol–water partition coefficient (Wildman–Crippen LogP) is 2.80. The molecule has 3 N–H and O–H groups in total. The highest BCUT2D eigenvalue weighted by Gasteiger charge is 2.13. The van der Waals surface area contributed by atoms with Crippen LogP contribution in [0.4, 0.5) is 5.82 Å². The van der Waals surface area contributed by atoms with Crippen molar-refractivity contribution in [3.05, 3.63) is 22.3 Å². The summed E-state index contributed by atoms with van der Waals surface area (Å²) in [7, 11) is 0. The van der Waals surface area contributed by atoms with E-state index in [1.165, 1.54) is 24.0 Å². The highest BCUT2D eigenvalue weighted by molar-refractivity contribution is 8.00. The third kappa shape index (κ3) is 5.91. The molecule has 0 unspecified atom stereocenters. The zero-order chi connectivity index (χ0) is 13.8. The first kappa shape index (κ1) is 15.6. The minimum atomic E-state index is -0.291. The number of nitrogens with one attached hydrogen (secondary N) is 1. The van der Waals surface area contributed by atoms with Gasteiger partial charge in [-0.3, -0.25) is 4.79 Å². The Labute approximate surface area is 121 Å². The molecule has 0 bridgehead atoms. The highest BCUT2D eigenvalue weighted by atomic mass is 35.5. The number of carbonyl (C=O) groups excluding carboxylic acids is 1. The number of nitrogens with two attached hydrogens (primary N) is 1. The molecule has 0 aliphatic rings. The first-order valence-electron chi connectivity index (χ1n) is 5.25. The van der Waals surface area contributed by atoms with Crippen LogP contribution in [0.15, 0.2) is 12.3 Å². The van der Waals surface area contributed by atoms with Crippen molar-refractivity contribution in [1.29, 1.82) is 0 Å². The molecule has 1 aromatic rings. The van der Waals surface area contributed by atoms with Crippen LogP contribution in [0.3, 0.4) is 0 Å². The number of halogens is 2. The van der Waals surface area contributed by atoms with Crippen LogP contribution in [0.5, 0.6) is 0 Å². The van der Waals surface area contributed by atoms with Gasteiger partial charge >= 0.3 is 0 Å². The number of carbonyl (C=O) groups is 1. The van der Waals surface area contributed by atoms with E-state index in [4.69, 9.17) is 28.9 Å². The van der Waals surface area contributed by atoms with Gasteiger partial charge in [0.05, 0.1) is 15.8 Å². The van der Waals surface area contributed by atoms with Crippen molar-refractivity contribution >= 4 is 46.7 Å². The smallest absolute Gasteiger partial charge is 0.235 e. The maximum absolute atomic E-state index is 11.6. The van der Waals surface area contributed by atoms with Crippen molar-refractivity contribution in [1.82, 2.24) is 4.98 Å². The second-order valence-corrected chi connectivity index (χ2v) is 6.34. The first-order chi connectivity index (χ1) is 8.28. The molecule has 0 aliphatic carbocycles. The second-order valence-electron chi connectivity index (χ2n) is 4.51. The molecule has 1 heterocycles. The van der Waals surface area contributed by atoms with Crippen LogP contribution in [0.2, 0.25) is 10.0 Å². The van der Waals surface area contributed by atoms with Gasteiger partial charge in [0, 0.05) is 17.5 Å². The number of hydrogen-bond acceptors (Lipinski definition) is 4. The number of nitrogens with zero attached hydrogens (tertiary/aromatic N) is 1. The molecule has 0 saturated heterocycles. The van der Waals surface area contributed by atoms with Crippen molar-refractivity contribution < 1.29 is 4.79 Å². The number of pyridine rings is 1. The fraction of sp³-hybridized carbons (Fsp3) is 0.455. The van der Waals surface area contributed by atoms with E-state index in [1.54, 1.807) is 0 Å². The van der Waals surface area contributed by atoms with Gasteiger partial charge in [0.2, 0.25) is 5.91 Å². The number of thioether (sulfide) groups is 1. The maximum atomic E-state index is 11.6. The Balaban J connectivity index is 2.45. The van der Waals surface area contributed by atoms with E-state index in [9.17, 15) is 4.79 Å².